The molecule has 2 aromatic heterocycles. The van der Waals surface area contributed by atoms with Gasteiger partial charge in [-0.15, -0.1) is 0 Å². The lowest BCUT2D eigenvalue weighted by Gasteiger charge is -2.26. The molecule has 2 atom stereocenters. The molecule has 1 fully saturated rings. The Hall–Kier alpha value is -3.93. The van der Waals surface area contributed by atoms with E-state index in [2.05, 4.69) is 15.0 Å². The van der Waals surface area contributed by atoms with Gasteiger partial charge in [0.15, 0.2) is 5.11 Å². The number of hydrogen-bond donors (Lipinski definition) is 3. The molecule has 1 aliphatic heterocycles. The van der Waals surface area contributed by atoms with Crippen LogP contribution in [0.3, 0.4) is 0 Å². The summed E-state index contributed by atoms with van der Waals surface area (Å²) in [6.07, 6.45) is 2.79. The van der Waals surface area contributed by atoms with Crippen LogP contribution in [0.15, 0.2) is 77.3 Å². The minimum Gasteiger partial charge on any atom is -0.478 e. The first-order chi connectivity index (χ1) is 18.5. The summed E-state index contributed by atoms with van der Waals surface area (Å²) in [6.45, 7) is 1.80. The van der Waals surface area contributed by atoms with Crippen molar-refractivity contribution in [1.82, 2.24) is 10.3 Å². The number of benzene rings is 2. The van der Waals surface area contributed by atoms with Crippen LogP contribution in [0.5, 0.6) is 0 Å². The Labute approximate surface area is 235 Å². The molecule has 200 valence electrons. The molecule has 39 heavy (non-hydrogen) atoms. The number of sulfonamides is 1. The summed E-state index contributed by atoms with van der Waals surface area (Å²) in [5.41, 5.74) is 3.16. The molecule has 0 amide bonds. The van der Waals surface area contributed by atoms with Crippen molar-refractivity contribution >= 4 is 56.3 Å². The second-order valence-corrected chi connectivity index (χ2v) is 11.6. The van der Waals surface area contributed by atoms with Crippen molar-refractivity contribution in [2.45, 2.75) is 19.0 Å². The van der Waals surface area contributed by atoms with Crippen molar-refractivity contribution in [2.24, 2.45) is 0 Å². The fraction of sp³-hybridized carbons (Fsp3) is 0.148. The van der Waals surface area contributed by atoms with Crippen molar-refractivity contribution in [3.63, 3.8) is 0 Å². The number of aryl methyl sites for hydroxylation is 1. The highest BCUT2D eigenvalue weighted by atomic mass is 35.5. The lowest BCUT2D eigenvalue weighted by atomic mass is 10.0. The normalized spacial score (nSPS) is 17.2. The van der Waals surface area contributed by atoms with E-state index in [4.69, 9.17) is 28.2 Å². The van der Waals surface area contributed by atoms with Gasteiger partial charge < -0.3 is 19.7 Å². The van der Waals surface area contributed by atoms with Gasteiger partial charge in [0, 0.05) is 17.4 Å². The molecule has 0 bridgehead atoms. The molecular weight excluding hydrogens is 560 g/mol. The van der Waals surface area contributed by atoms with Crippen molar-refractivity contribution in [3.05, 3.63) is 101 Å². The van der Waals surface area contributed by atoms with Crippen LogP contribution in [0.4, 0.5) is 11.4 Å². The van der Waals surface area contributed by atoms with E-state index in [9.17, 15) is 18.3 Å². The molecule has 0 radical (unpaired) electrons. The fourth-order valence-electron chi connectivity index (χ4n) is 4.54. The molecule has 0 saturated carbocycles. The van der Waals surface area contributed by atoms with Crippen molar-refractivity contribution in [1.29, 1.82) is 0 Å². The Morgan fingerprint density at radius 1 is 1.15 bits per heavy atom. The quantitative estimate of drug-likeness (QED) is 0.240. The molecular formula is C27H23ClN4O5S2. The zero-order valence-electron chi connectivity index (χ0n) is 20.8. The van der Waals surface area contributed by atoms with Crippen molar-refractivity contribution in [2.75, 3.05) is 15.9 Å². The van der Waals surface area contributed by atoms with E-state index in [1.807, 2.05) is 29.2 Å². The number of thiocarbonyl (C=S) groups is 1. The number of carbonyl (C=O) groups is 1. The zero-order valence-corrected chi connectivity index (χ0v) is 23.1. The molecule has 12 heteroatoms. The number of aromatic carboxylic acids is 1. The molecule has 2 aromatic carbocycles. The maximum Gasteiger partial charge on any atom is 0.335 e. The third kappa shape index (κ3) is 5.47. The molecule has 3 heterocycles. The number of nitrogens with zero attached hydrogens (tertiary/aromatic N) is 2. The molecule has 3 N–H and O–H groups in total. The van der Waals surface area contributed by atoms with Gasteiger partial charge in [0.05, 0.1) is 34.3 Å². The van der Waals surface area contributed by atoms with Gasteiger partial charge in [-0.25, -0.2) is 13.2 Å². The average Bonchev–Trinajstić information content (AvgIpc) is 3.50. The predicted molar refractivity (Wildman–Crippen MR) is 154 cm³/mol. The Bertz CT molecular complexity index is 1690. The van der Waals surface area contributed by atoms with Crippen LogP contribution in [-0.2, 0) is 10.0 Å². The summed E-state index contributed by atoms with van der Waals surface area (Å²) in [4.78, 5) is 17.9. The minimum absolute atomic E-state index is 0.0855. The van der Waals surface area contributed by atoms with Crippen LogP contribution in [0, 0.1) is 6.92 Å². The maximum atomic E-state index is 11.8. The zero-order chi connectivity index (χ0) is 27.9. The van der Waals surface area contributed by atoms with E-state index < -0.39 is 22.0 Å². The number of rotatable bonds is 7. The number of furan rings is 1. The second-order valence-electron chi connectivity index (χ2n) is 9.07. The average molecular weight is 583 g/mol. The molecule has 5 rings (SSSR count). The van der Waals surface area contributed by atoms with Gasteiger partial charge in [-0.3, -0.25) is 9.71 Å². The number of nitrogens with one attached hydrogen (secondary N) is 2. The summed E-state index contributed by atoms with van der Waals surface area (Å²) in [5.74, 6) is -0.129. The topological polar surface area (TPSA) is 125 Å². The molecule has 0 unspecified atom stereocenters. The number of carboxylic acid groups (broad SMARTS) is 1. The molecule has 4 aromatic rings. The maximum absolute atomic E-state index is 11.8. The van der Waals surface area contributed by atoms with Crippen molar-refractivity contribution in [3.8, 4) is 11.3 Å². The molecule has 1 saturated heterocycles. The number of anilines is 2. The minimum atomic E-state index is -3.45. The van der Waals surface area contributed by atoms with Crippen LogP contribution in [0.25, 0.3) is 11.3 Å². The van der Waals surface area contributed by atoms with Crippen LogP contribution in [-0.4, -0.2) is 35.8 Å². The summed E-state index contributed by atoms with van der Waals surface area (Å²) in [6, 6.07) is 18.0. The molecule has 9 nitrogen and oxygen atoms in total. The predicted octanol–water partition coefficient (Wildman–Crippen LogP) is 5.55. The van der Waals surface area contributed by atoms with Gasteiger partial charge >= 0.3 is 5.97 Å². The van der Waals surface area contributed by atoms with Gasteiger partial charge in [0.25, 0.3) is 0 Å². The van der Waals surface area contributed by atoms with Crippen molar-refractivity contribution < 1.29 is 22.7 Å². The SMILES string of the molecule is Cc1cc(N2C(=S)N[C@@H](c3ccccn3)[C@H]2c2ccc(-c3cc(C(=O)O)ccc3Cl)o2)ccc1NS(C)(=O)=O. The summed E-state index contributed by atoms with van der Waals surface area (Å²) in [5, 5.41) is 13.6. The molecule has 0 aliphatic carbocycles. The van der Waals surface area contributed by atoms with E-state index in [1.54, 1.807) is 37.4 Å². The Balaban J connectivity index is 1.60. The number of carboxylic acids is 1. The van der Waals surface area contributed by atoms with Gasteiger partial charge in [0.1, 0.15) is 17.6 Å². The lowest BCUT2D eigenvalue weighted by molar-refractivity contribution is 0.0697. The first-order valence-corrected chi connectivity index (χ1v) is 14.4. The third-order valence-electron chi connectivity index (χ3n) is 6.28. The number of halogens is 1. The van der Waals surface area contributed by atoms with Crippen LogP contribution in [0.2, 0.25) is 5.02 Å². The highest BCUT2D eigenvalue weighted by Gasteiger charge is 2.42. The van der Waals surface area contributed by atoms with Crippen LogP contribution in [0.1, 0.15) is 39.5 Å². The van der Waals surface area contributed by atoms with Gasteiger partial charge in [0.2, 0.25) is 10.0 Å². The third-order valence-corrected chi connectivity index (χ3v) is 7.51. The first-order valence-electron chi connectivity index (χ1n) is 11.7. The smallest absolute Gasteiger partial charge is 0.335 e. The Kier molecular flexibility index (Phi) is 7.06. The standard InChI is InChI=1S/C27H23ClN4O5S2/c1-15-13-17(7-9-20(15)31-39(2,35)36)32-25(24(30-27(32)38)21-5-3-4-12-29-21)23-11-10-22(37-23)18-14-16(26(33)34)6-8-19(18)28/h3-14,24-25,31H,1-2H3,(H,30,38)(H,33,34)/t24-,25+/m0/s1. The van der Waals surface area contributed by atoms with Gasteiger partial charge in [-0.1, -0.05) is 17.7 Å². The van der Waals surface area contributed by atoms with E-state index in [0.717, 1.165) is 17.6 Å². The highest BCUT2D eigenvalue weighted by Crippen LogP contribution is 2.44. The largest absolute Gasteiger partial charge is 0.478 e. The van der Waals surface area contributed by atoms with Gasteiger partial charge in [-0.2, -0.15) is 0 Å². The Morgan fingerprint density at radius 2 is 1.95 bits per heavy atom. The fourth-order valence-corrected chi connectivity index (χ4v) is 5.72. The number of pyridine rings is 1. The van der Waals surface area contributed by atoms with E-state index >= 15 is 0 Å². The monoisotopic (exact) mass is 582 g/mol. The summed E-state index contributed by atoms with van der Waals surface area (Å²) in [7, 11) is -3.45. The highest BCUT2D eigenvalue weighted by molar-refractivity contribution is 7.92. The van der Waals surface area contributed by atoms with E-state index in [0.29, 0.717) is 38.5 Å². The van der Waals surface area contributed by atoms with Crippen LogP contribution >= 0.6 is 23.8 Å². The Morgan fingerprint density at radius 3 is 2.62 bits per heavy atom. The lowest BCUT2D eigenvalue weighted by Crippen LogP contribution is -2.29. The van der Waals surface area contributed by atoms with Crippen LogP contribution < -0.4 is 14.9 Å². The molecule has 0 spiro atoms. The molecule has 1 aliphatic rings. The summed E-state index contributed by atoms with van der Waals surface area (Å²) < 4.78 is 32.4. The second kappa shape index (κ2) is 10.3. The number of hydrogen-bond acceptors (Lipinski definition) is 6. The van der Waals surface area contributed by atoms with Gasteiger partial charge in [-0.05, 0) is 85.4 Å². The number of aromatic nitrogens is 1. The first kappa shape index (κ1) is 26.7. The van der Waals surface area contributed by atoms with E-state index in [-0.39, 0.29) is 11.6 Å². The summed E-state index contributed by atoms with van der Waals surface area (Å²) >= 11 is 12.2. The van der Waals surface area contributed by atoms with E-state index in [1.165, 1.54) is 18.2 Å².